The van der Waals surface area contributed by atoms with Crippen molar-refractivity contribution in [3.05, 3.63) is 45.9 Å². The summed E-state index contributed by atoms with van der Waals surface area (Å²) in [6, 6.07) is 7.58. The minimum absolute atomic E-state index is 0.727. The van der Waals surface area contributed by atoms with Gasteiger partial charge in [0.1, 0.15) is 0 Å². The number of halogens is 1. The molecule has 0 saturated heterocycles. The van der Waals surface area contributed by atoms with Gasteiger partial charge in [0.05, 0.1) is 11.4 Å². The average Bonchev–Trinajstić information content (AvgIpc) is 2.73. The highest BCUT2D eigenvalue weighted by Gasteiger charge is 1.99. The van der Waals surface area contributed by atoms with E-state index in [9.17, 15) is 0 Å². The minimum atomic E-state index is 0.727. The van der Waals surface area contributed by atoms with Gasteiger partial charge >= 0.3 is 0 Å². The van der Waals surface area contributed by atoms with Crippen LogP contribution in [0.5, 0.6) is 0 Å². The number of benzene rings is 1. The van der Waals surface area contributed by atoms with Crippen molar-refractivity contribution in [2.24, 2.45) is 5.10 Å². The van der Waals surface area contributed by atoms with Crippen LogP contribution in [-0.2, 0) is 0 Å². The Morgan fingerprint density at radius 3 is 2.65 bits per heavy atom. The van der Waals surface area contributed by atoms with Crippen molar-refractivity contribution >= 4 is 33.8 Å². The molecule has 0 atom stereocenters. The number of aryl methyl sites for hydroxylation is 1. The van der Waals surface area contributed by atoms with Gasteiger partial charge in [0.2, 0.25) is 5.13 Å². The Morgan fingerprint density at radius 1 is 1.35 bits per heavy atom. The maximum Gasteiger partial charge on any atom is 0.203 e. The molecular weight excluding hydrogens is 254 g/mol. The summed E-state index contributed by atoms with van der Waals surface area (Å²) in [5.74, 6) is 0. The van der Waals surface area contributed by atoms with Crippen molar-refractivity contribution in [2.75, 3.05) is 5.43 Å². The van der Waals surface area contributed by atoms with Gasteiger partial charge in [-0.2, -0.15) is 5.10 Å². The summed E-state index contributed by atoms with van der Waals surface area (Å²) in [6.45, 7) is 3.90. The fraction of sp³-hybridized carbons (Fsp3) is 0.167. The van der Waals surface area contributed by atoms with E-state index in [-0.39, 0.29) is 0 Å². The van der Waals surface area contributed by atoms with Crippen LogP contribution in [0.1, 0.15) is 18.2 Å². The average molecular weight is 266 g/mol. The van der Waals surface area contributed by atoms with Crippen LogP contribution in [0.4, 0.5) is 5.13 Å². The van der Waals surface area contributed by atoms with Gasteiger partial charge in [-0.1, -0.05) is 23.7 Å². The maximum absolute atomic E-state index is 5.83. The molecule has 0 spiro atoms. The molecular formula is C12H12ClN3S. The molecule has 0 amide bonds. The molecule has 3 nitrogen and oxygen atoms in total. The first kappa shape index (κ1) is 12.1. The van der Waals surface area contributed by atoms with E-state index >= 15 is 0 Å². The van der Waals surface area contributed by atoms with Crippen molar-refractivity contribution < 1.29 is 0 Å². The number of aromatic nitrogens is 1. The maximum atomic E-state index is 5.83. The first-order valence-electron chi connectivity index (χ1n) is 5.13. The second-order valence-electron chi connectivity index (χ2n) is 3.61. The van der Waals surface area contributed by atoms with Gasteiger partial charge in [0.25, 0.3) is 0 Å². The third kappa shape index (κ3) is 3.28. The number of nitrogens with one attached hydrogen (secondary N) is 1. The van der Waals surface area contributed by atoms with Crippen molar-refractivity contribution in [3.63, 3.8) is 0 Å². The smallest absolute Gasteiger partial charge is 0.203 e. The molecule has 17 heavy (non-hydrogen) atoms. The van der Waals surface area contributed by atoms with Crippen LogP contribution < -0.4 is 5.43 Å². The van der Waals surface area contributed by atoms with Crippen molar-refractivity contribution in [1.29, 1.82) is 0 Å². The van der Waals surface area contributed by atoms with E-state index in [1.54, 1.807) is 0 Å². The predicted octanol–water partition coefficient (Wildman–Crippen LogP) is 3.94. The third-order valence-electron chi connectivity index (χ3n) is 2.20. The van der Waals surface area contributed by atoms with Gasteiger partial charge < -0.3 is 0 Å². The van der Waals surface area contributed by atoms with E-state index in [4.69, 9.17) is 11.6 Å². The highest BCUT2D eigenvalue weighted by molar-refractivity contribution is 7.13. The van der Waals surface area contributed by atoms with Gasteiger partial charge in [-0.3, -0.25) is 5.43 Å². The number of anilines is 1. The van der Waals surface area contributed by atoms with Gasteiger partial charge in [0, 0.05) is 10.4 Å². The monoisotopic (exact) mass is 265 g/mol. The normalized spacial score (nSPS) is 11.6. The Kier molecular flexibility index (Phi) is 3.76. The SMILES string of the molecule is CC(=NNc1nc(C)cs1)c1ccc(Cl)cc1. The van der Waals surface area contributed by atoms with Crippen molar-refractivity contribution in [2.45, 2.75) is 13.8 Å². The molecule has 0 bridgehead atoms. The summed E-state index contributed by atoms with van der Waals surface area (Å²) in [5.41, 5.74) is 5.87. The quantitative estimate of drug-likeness (QED) is 0.674. The molecule has 0 radical (unpaired) electrons. The minimum Gasteiger partial charge on any atom is -0.252 e. The summed E-state index contributed by atoms with van der Waals surface area (Å²) in [6.07, 6.45) is 0. The zero-order valence-electron chi connectivity index (χ0n) is 9.57. The molecule has 0 fully saturated rings. The van der Waals surface area contributed by atoms with Crippen LogP contribution in [0, 0.1) is 6.92 Å². The summed E-state index contributed by atoms with van der Waals surface area (Å²) in [5, 5.41) is 7.79. The molecule has 2 rings (SSSR count). The molecule has 2 aromatic rings. The fourth-order valence-electron chi connectivity index (χ4n) is 1.29. The number of thiazole rings is 1. The van der Waals surface area contributed by atoms with Gasteiger partial charge in [-0.05, 0) is 31.5 Å². The lowest BCUT2D eigenvalue weighted by molar-refractivity contribution is 1.21. The van der Waals surface area contributed by atoms with Crippen LogP contribution >= 0.6 is 22.9 Å². The number of hydrazone groups is 1. The molecule has 1 aromatic heterocycles. The summed E-state index contributed by atoms with van der Waals surface area (Å²) < 4.78 is 0. The first-order chi connectivity index (χ1) is 8.15. The lowest BCUT2D eigenvalue weighted by Gasteiger charge is -2.01. The second-order valence-corrected chi connectivity index (χ2v) is 4.90. The van der Waals surface area contributed by atoms with Gasteiger partial charge in [-0.25, -0.2) is 4.98 Å². The predicted molar refractivity (Wildman–Crippen MR) is 74.1 cm³/mol. The van der Waals surface area contributed by atoms with Gasteiger partial charge in [-0.15, -0.1) is 11.3 Å². The lowest BCUT2D eigenvalue weighted by Crippen LogP contribution is -1.99. The Labute approximate surface area is 109 Å². The highest BCUT2D eigenvalue weighted by Crippen LogP contribution is 2.15. The van der Waals surface area contributed by atoms with Crippen LogP contribution in [0.25, 0.3) is 0 Å². The number of hydrogen-bond donors (Lipinski definition) is 1. The zero-order valence-corrected chi connectivity index (χ0v) is 11.1. The molecule has 0 saturated carbocycles. The third-order valence-corrected chi connectivity index (χ3v) is 3.32. The molecule has 1 aromatic carbocycles. The molecule has 5 heteroatoms. The standard InChI is InChI=1S/C12H12ClN3S/c1-8-7-17-12(14-8)16-15-9(2)10-3-5-11(13)6-4-10/h3-7H,1-2H3,(H,14,16). The highest BCUT2D eigenvalue weighted by atomic mass is 35.5. The van der Waals surface area contributed by atoms with E-state index in [1.807, 2.05) is 43.5 Å². The Morgan fingerprint density at radius 2 is 2.06 bits per heavy atom. The zero-order chi connectivity index (χ0) is 12.3. The topological polar surface area (TPSA) is 37.3 Å². The molecule has 0 aliphatic rings. The molecule has 0 unspecified atom stereocenters. The molecule has 88 valence electrons. The van der Waals surface area contributed by atoms with Crippen LogP contribution in [-0.4, -0.2) is 10.7 Å². The first-order valence-corrected chi connectivity index (χ1v) is 6.39. The van der Waals surface area contributed by atoms with Crippen molar-refractivity contribution in [1.82, 2.24) is 4.98 Å². The molecule has 0 aliphatic carbocycles. The number of nitrogens with zero attached hydrogens (tertiary/aromatic N) is 2. The van der Waals surface area contributed by atoms with Gasteiger partial charge in [0.15, 0.2) is 0 Å². The molecule has 1 N–H and O–H groups in total. The fourth-order valence-corrected chi connectivity index (χ4v) is 2.05. The van der Waals surface area contributed by atoms with E-state index in [0.29, 0.717) is 0 Å². The van der Waals surface area contributed by atoms with Crippen molar-refractivity contribution in [3.8, 4) is 0 Å². The Balaban J connectivity index is 2.09. The number of rotatable bonds is 3. The van der Waals surface area contributed by atoms with Crippen LogP contribution in [0.15, 0.2) is 34.7 Å². The molecule has 1 heterocycles. The number of hydrogen-bond acceptors (Lipinski definition) is 4. The Bertz CT molecular complexity index is 531. The summed E-state index contributed by atoms with van der Waals surface area (Å²) >= 11 is 7.37. The van der Waals surface area contributed by atoms with Crippen LogP contribution in [0.3, 0.4) is 0 Å². The summed E-state index contributed by atoms with van der Waals surface area (Å²) in [7, 11) is 0. The Hall–Kier alpha value is -1.39. The van der Waals surface area contributed by atoms with Crippen LogP contribution in [0.2, 0.25) is 5.02 Å². The lowest BCUT2D eigenvalue weighted by atomic mass is 10.1. The molecule has 0 aliphatic heterocycles. The van der Waals surface area contributed by atoms with E-state index in [1.165, 1.54) is 11.3 Å². The van der Waals surface area contributed by atoms with E-state index in [2.05, 4.69) is 15.5 Å². The summed E-state index contributed by atoms with van der Waals surface area (Å²) in [4.78, 5) is 4.27. The van der Waals surface area contributed by atoms with E-state index < -0.39 is 0 Å². The second kappa shape index (κ2) is 5.29. The largest absolute Gasteiger partial charge is 0.252 e. The van der Waals surface area contributed by atoms with E-state index in [0.717, 1.165) is 27.1 Å².